The molecule has 2 heterocycles. The number of piperidine rings is 1. The molecule has 0 bridgehead atoms. The summed E-state index contributed by atoms with van der Waals surface area (Å²) in [7, 11) is -3.35. The van der Waals surface area contributed by atoms with E-state index in [2.05, 4.69) is 5.32 Å². The number of nitrogens with zero attached hydrogens (tertiary/aromatic N) is 1. The number of hydrogen-bond donors (Lipinski definition) is 1. The van der Waals surface area contributed by atoms with Crippen LogP contribution in [0.3, 0.4) is 0 Å². The van der Waals surface area contributed by atoms with Crippen molar-refractivity contribution in [2.45, 2.75) is 50.0 Å². The van der Waals surface area contributed by atoms with E-state index in [9.17, 15) is 8.42 Å². The van der Waals surface area contributed by atoms with Crippen molar-refractivity contribution < 1.29 is 8.42 Å². The van der Waals surface area contributed by atoms with Crippen LogP contribution in [0.1, 0.15) is 38.2 Å². The fraction of sp³-hybridized carbons (Fsp3) is 0.600. The molecule has 0 radical (unpaired) electrons. The summed E-state index contributed by atoms with van der Waals surface area (Å²) in [4.78, 5) is 0.430. The number of nitrogens with one attached hydrogen (secondary N) is 1. The van der Waals surface area contributed by atoms with Gasteiger partial charge >= 0.3 is 0 Å². The van der Waals surface area contributed by atoms with Crippen molar-refractivity contribution in [2.75, 3.05) is 18.4 Å². The minimum absolute atomic E-state index is 0.109. The molecule has 0 amide bonds. The van der Waals surface area contributed by atoms with Gasteiger partial charge in [0.25, 0.3) is 0 Å². The average Bonchev–Trinajstić information content (AvgIpc) is 2.47. The lowest BCUT2D eigenvalue weighted by Crippen LogP contribution is -2.41. The van der Waals surface area contributed by atoms with Crippen molar-refractivity contribution in [1.29, 1.82) is 0 Å². The van der Waals surface area contributed by atoms with E-state index in [0.717, 1.165) is 44.3 Å². The molecule has 1 fully saturated rings. The molecule has 2 aliphatic heterocycles. The highest BCUT2D eigenvalue weighted by atomic mass is 32.2. The molecule has 1 N–H and O–H groups in total. The van der Waals surface area contributed by atoms with E-state index in [4.69, 9.17) is 0 Å². The van der Waals surface area contributed by atoms with Gasteiger partial charge in [0.2, 0.25) is 10.0 Å². The van der Waals surface area contributed by atoms with Crippen LogP contribution in [0, 0.1) is 0 Å². The van der Waals surface area contributed by atoms with Gasteiger partial charge in [0.1, 0.15) is 0 Å². The smallest absolute Gasteiger partial charge is 0.243 e. The summed E-state index contributed by atoms with van der Waals surface area (Å²) in [6, 6.07) is 5.65. The Morgan fingerprint density at radius 1 is 1.25 bits per heavy atom. The first kappa shape index (κ1) is 13.9. The third-order valence-electron chi connectivity index (χ3n) is 4.37. The molecule has 2 aliphatic rings. The Hall–Kier alpha value is -1.07. The van der Waals surface area contributed by atoms with Crippen LogP contribution in [-0.4, -0.2) is 31.9 Å². The lowest BCUT2D eigenvalue weighted by Gasteiger charge is -2.32. The highest BCUT2D eigenvalue weighted by Crippen LogP contribution is 2.29. The Kier molecular flexibility index (Phi) is 3.73. The lowest BCUT2D eigenvalue weighted by molar-refractivity contribution is 0.268. The van der Waals surface area contributed by atoms with Gasteiger partial charge in [-0.2, -0.15) is 4.31 Å². The Labute approximate surface area is 121 Å². The molecule has 0 spiro atoms. The first-order valence-corrected chi connectivity index (χ1v) is 8.92. The lowest BCUT2D eigenvalue weighted by atomic mass is 10.0. The number of benzene rings is 1. The second-order valence-electron chi connectivity index (χ2n) is 5.81. The van der Waals surface area contributed by atoms with Gasteiger partial charge in [-0.15, -0.1) is 0 Å². The molecule has 1 atom stereocenters. The summed E-state index contributed by atoms with van der Waals surface area (Å²) >= 11 is 0. The molecule has 1 aromatic rings. The van der Waals surface area contributed by atoms with Crippen molar-refractivity contribution in [3.63, 3.8) is 0 Å². The topological polar surface area (TPSA) is 49.4 Å². The second-order valence-corrected chi connectivity index (χ2v) is 7.70. The number of aryl methyl sites for hydroxylation is 1. The molecule has 3 rings (SSSR count). The summed E-state index contributed by atoms with van der Waals surface area (Å²) in [6.07, 6.45) is 5.19. The Balaban J connectivity index is 1.94. The second kappa shape index (κ2) is 5.37. The van der Waals surface area contributed by atoms with Crippen molar-refractivity contribution in [3.8, 4) is 0 Å². The molecule has 1 aromatic carbocycles. The molecule has 5 heteroatoms. The van der Waals surface area contributed by atoms with Crippen molar-refractivity contribution in [3.05, 3.63) is 23.8 Å². The number of rotatable bonds is 2. The summed E-state index contributed by atoms with van der Waals surface area (Å²) in [5.74, 6) is 0. The minimum atomic E-state index is -3.35. The van der Waals surface area contributed by atoms with E-state index in [0.29, 0.717) is 11.4 Å². The van der Waals surface area contributed by atoms with Crippen LogP contribution in [0.2, 0.25) is 0 Å². The molecule has 1 saturated heterocycles. The van der Waals surface area contributed by atoms with E-state index in [1.54, 1.807) is 10.4 Å². The Morgan fingerprint density at radius 3 is 2.90 bits per heavy atom. The molecule has 1 unspecified atom stereocenters. The first-order chi connectivity index (χ1) is 9.59. The number of hydrogen-bond acceptors (Lipinski definition) is 3. The van der Waals surface area contributed by atoms with Gasteiger partial charge in [-0.3, -0.25) is 0 Å². The van der Waals surface area contributed by atoms with Crippen molar-refractivity contribution in [1.82, 2.24) is 4.31 Å². The van der Waals surface area contributed by atoms with Crippen LogP contribution < -0.4 is 5.32 Å². The van der Waals surface area contributed by atoms with Crippen LogP contribution in [0.15, 0.2) is 23.1 Å². The van der Waals surface area contributed by atoms with Crippen molar-refractivity contribution >= 4 is 15.7 Å². The predicted octanol–water partition coefficient (Wildman–Crippen LogP) is 2.61. The largest absolute Gasteiger partial charge is 0.385 e. The standard InChI is InChI=1S/C15H22N2O2S/c1-12-5-2-3-10-17(12)20(18,19)14-8-7-13-6-4-9-16-15(13)11-14/h7-8,11-12,16H,2-6,9-10H2,1H3. The summed E-state index contributed by atoms with van der Waals surface area (Å²) < 4.78 is 27.2. The molecule has 0 saturated carbocycles. The summed E-state index contributed by atoms with van der Waals surface area (Å²) in [5, 5.41) is 3.31. The number of fused-ring (bicyclic) bond motifs is 1. The maximum Gasteiger partial charge on any atom is 0.243 e. The van der Waals surface area contributed by atoms with Gasteiger partial charge in [0, 0.05) is 24.8 Å². The SMILES string of the molecule is CC1CCCCN1S(=O)(=O)c1ccc2c(c1)NCCC2. The van der Waals surface area contributed by atoms with E-state index in [-0.39, 0.29) is 6.04 Å². The van der Waals surface area contributed by atoms with Crippen LogP contribution >= 0.6 is 0 Å². The van der Waals surface area contributed by atoms with Gasteiger partial charge in [-0.1, -0.05) is 12.5 Å². The first-order valence-electron chi connectivity index (χ1n) is 7.48. The van der Waals surface area contributed by atoms with Gasteiger partial charge < -0.3 is 5.32 Å². The van der Waals surface area contributed by atoms with Crippen LogP contribution in [0.25, 0.3) is 0 Å². The van der Waals surface area contributed by atoms with Crippen LogP contribution in [0.4, 0.5) is 5.69 Å². The zero-order valence-corrected chi connectivity index (χ0v) is 12.7. The van der Waals surface area contributed by atoms with E-state index >= 15 is 0 Å². The van der Waals surface area contributed by atoms with Crippen molar-refractivity contribution in [2.24, 2.45) is 0 Å². The minimum Gasteiger partial charge on any atom is -0.385 e. The normalized spacial score (nSPS) is 23.9. The van der Waals surface area contributed by atoms with Crippen LogP contribution in [0.5, 0.6) is 0 Å². The van der Waals surface area contributed by atoms with Gasteiger partial charge in [0.15, 0.2) is 0 Å². The molecule has 0 aliphatic carbocycles. The summed E-state index contributed by atoms with van der Waals surface area (Å²) in [6.45, 7) is 3.58. The van der Waals surface area contributed by atoms with E-state index in [1.165, 1.54) is 5.56 Å². The summed E-state index contributed by atoms with van der Waals surface area (Å²) in [5.41, 5.74) is 2.21. The van der Waals surface area contributed by atoms with Crippen LogP contribution in [-0.2, 0) is 16.4 Å². The van der Waals surface area contributed by atoms with E-state index < -0.39 is 10.0 Å². The third-order valence-corrected chi connectivity index (χ3v) is 6.38. The fourth-order valence-electron chi connectivity index (χ4n) is 3.16. The Bertz CT molecular complexity index is 598. The molecule has 0 aromatic heterocycles. The maximum absolute atomic E-state index is 12.8. The molecule has 20 heavy (non-hydrogen) atoms. The molecule has 4 nitrogen and oxygen atoms in total. The Morgan fingerprint density at radius 2 is 2.10 bits per heavy atom. The highest BCUT2D eigenvalue weighted by Gasteiger charge is 2.31. The number of sulfonamides is 1. The maximum atomic E-state index is 12.8. The van der Waals surface area contributed by atoms with Gasteiger partial charge in [0.05, 0.1) is 4.90 Å². The third kappa shape index (κ3) is 2.44. The quantitative estimate of drug-likeness (QED) is 0.912. The predicted molar refractivity (Wildman–Crippen MR) is 80.5 cm³/mol. The van der Waals surface area contributed by atoms with Gasteiger partial charge in [-0.25, -0.2) is 8.42 Å². The molecule has 110 valence electrons. The van der Waals surface area contributed by atoms with E-state index in [1.807, 2.05) is 19.1 Å². The zero-order chi connectivity index (χ0) is 14.2. The molecular formula is C15H22N2O2S. The average molecular weight is 294 g/mol. The van der Waals surface area contributed by atoms with Gasteiger partial charge in [-0.05, 0) is 50.3 Å². The fourth-order valence-corrected chi connectivity index (χ4v) is 4.89. The highest BCUT2D eigenvalue weighted by molar-refractivity contribution is 7.89. The zero-order valence-electron chi connectivity index (χ0n) is 11.9. The molecular weight excluding hydrogens is 272 g/mol. The monoisotopic (exact) mass is 294 g/mol. The number of anilines is 1.